The zero-order valence-corrected chi connectivity index (χ0v) is 17.1. The quantitative estimate of drug-likeness (QED) is 0.412. The third kappa shape index (κ3) is 4.51. The molecule has 0 aliphatic heterocycles. The highest BCUT2D eigenvalue weighted by molar-refractivity contribution is 5.94. The Morgan fingerprint density at radius 2 is 1.83 bits per heavy atom. The van der Waals surface area contributed by atoms with Crippen LogP contribution in [0, 0.1) is 0 Å². The first kappa shape index (κ1) is 19.7. The normalized spacial score (nSPS) is 11.9. The maximum atomic E-state index is 12.3. The Morgan fingerprint density at radius 3 is 2.57 bits per heavy atom. The van der Waals surface area contributed by atoms with Crippen LogP contribution in [0.3, 0.4) is 0 Å². The predicted molar refractivity (Wildman–Crippen MR) is 119 cm³/mol. The molecule has 0 spiro atoms. The lowest BCUT2D eigenvalue weighted by molar-refractivity contribution is -0.118. The summed E-state index contributed by atoms with van der Waals surface area (Å²) in [5.41, 5.74) is 4.19. The van der Waals surface area contributed by atoms with Crippen LogP contribution >= 0.6 is 0 Å². The molecule has 30 heavy (non-hydrogen) atoms. The molecule has 1 atom stereocenters. The minimum atomic E-state index is -0.230. The van der Waals surface area contributed by atoms with Crippen LogP contribution < -0.4 is 10.1 Å². The van der Waals surface area contributed by atoms with E-state index in [4.69, 9.17) is 9.15 Å². The number of anilines is 1. The first-order chi connectivity index (χ1) is 14.6. The molecule has 0 radical (unpaired) electrons. The molecule has 1 amide bonds. The summed E-state index contributed by atoms with van der Waals surface area (Å²) in [7, 11) is 0. The number of benzene rings is 3. The van der Waals surface area contributed by atoms with Gasteiger partial charge in [0.25, 0.3) is 5.91 Å². The zero-order chi connectivity index (χ0) is 20.9. The highest BCUT2D eigenvalue weighted by Crippen LogP contribution is 2.26. The van der Waals surface area contributed by atoms with Gasteiger partial charge < -0.3 is 14.5 Å². The van der Waals surface area contributed by atoms with Crippen molar-refractivity contribution in [3.05, 3.63) is 78.4 Å². The minimum absolute atomic E-state index is 0.0607. The van der Waals surface area contributed by atoms with Crippen LogP contribution in [0.15, 0.2) is 77.2 Å². The van der Waals surface area contributed by atoms with Crippen LogP contribution in [0.4, 0.5) is 5.69 Å². The van der Waals surface area contributed by atoms with Gasteiger partial charge in [-0.1, -0.05) is 44.2 Å². The fourth-order valence-electron chi connectivity index (χ4n) is 3.18. The van der Waals surface area contributed by atoms with E-state index in [9.17, 15) is 4.79 Å². The van der Waals surface area contributed by atoms with Gasteiger partial charge >= 0.3 is 0 Å². The van der Waals surface area contributed by atoms with Crippen LogP contribution in [-0.2, 0) is 4.79 Å². The number of carbonyl (C=O) groups is 1. The van der Waals surface area contributed by atoms with Gasteiger partial charge in [-0.25, -0.2) is 4.98 Å². The smallest absolute Gasteiger partial charge is 0.262 e. The number of hydrogen-bond acceptors (Lipinski definition) is 4. The number of rotatable bonds is 7. The predicted octanol–water partition coefficient (Wildman–Crippen LogP) is 6.03. The molecule has 4 aromatic rings. The highest BCUT2D eigenvalue weighted by atomic mass is 16.5. The Labute approximate surface area is 175 Å². The number of amides is 1. The zero-order valence-electron chi connectivity index (χ0n) is 17.1. The SMILES string of the molecule is CC[C@@H](C)c1ccc(OCC(=O)Nc2ccc3oc(-c4ccccc4)nc3c2)cc1. The van der Waals surface area contributed by atoms with Crippen molar-refractivity contribution in [1.82, 2.24) is 4.98 Å². The molecule has 4 rings (SSSR count). The van der Waals surface area contributed by atoms with Crippen LogP contribution in [-0.4, -0.2) is 17.5 Å². The molecular formula is C25H24N2O3. The third-order valence-electron chi connectivity index (χ3n) is 5.12. The van der Waals surface area contributed by atoms with Crippen molar-refractivity contribution in [2.75, 3.05) is 11.9 Å². The summed E-state index contributed by atoms with van der Waals surface area (Å²) in [5.74, 6) is 1.51. The molecule has 0 fully saturated rings. The Morgan fingerprint density at radius 1 is 1.07 bits per heavy atom. The maximum absolute atomic E-state index is 12.3. The Kier molecular flexibility index (Phi) is 5.80. The van der Waals surface area contributed by atoms with Crippen LogP contribution in [0.1, 0.15) is 31.7 Å². The summed E-state index contributed by atoms with van der Waals surface area (Å²) in [6.45, 7) is 4.30. The van der Waals surface area contributed by atoms with Gasteiger partial charge in [0.05, 0.1) is 0 Å². The summed E-state index contributed by atoms with van der Waals surface area (Å²) in [5, 5.41) is 2.85. The molecule has 152 valence electrons. The van der Waals surface area contributed by atoms with Gasteiger partial charge in [0.15, 0.2) is 12.2 Å². The van der Waals surface area contributed by atoms with Crippen LogP contribution in [0.5, 0.6) is 5.75 Å². The molecule has 0 aliphatic rings. The molecule has 5 nitrogen and oxygen atoms in total. The van der Waals surface area contributed by atoms with Crippen molar-refractivity contribution in [2.45, 2.75) is 26.2 Å². The van der Waals surface area contributed by atoms with Gasteiger partial charge in [0, 0.05) is 11.3 Å². The van der Waals surface area contributed by atoms with Crippen molar-refractivity contribution in [3.63, 3.8) is 0 Å². The molecule has 0 aliphatic carbocycles. The second kappa shape index (κ2) is 8.82. The molecular weight excluding hydrogens is 376 g/mol. The summed E-state index contributed by atoms with van der Waals surface area (Å²) in [4.78, 5) is 16.8. The summed E-state index contributed by atoms with van der Waals surface area (Å²) in [6.07, 6.45) is 1.09. The molecule has 0 saturated heterocycles. The average Bonchev–Trinajstić information content (AvgIpc) is 3.21. The number of aromatic nitrogens is 1. The van der Waals surface area contributed by atoms with Crippen molar-refractivity contribution in [2.24, 2.45) is 0 Å². The number of nitrogens with one attached hydrogen (secondary N) is 1. The van der Waals surface area contributed by atoms with Gasteiger partial charge in [0.1, 0.15) is 11.3 Å². The number of ether oxygens (including phenoxy) is 1. The summed E-state index contributed by atoms with van der Waals surface area (Å²) < 4.78 is 11.4. The van der Waals surface area contributed by atoms with E-state index in [1.54, 1.807) is 18.2 Å². The number of carbonyl (C=O) groups excluding carboxylic acids is 1. The summed E-state index contributed by atoms with van der Waals surface area (Å²) in [6, 6.07) is 23.0. The van der Waals surface area contributed by atoms with E-state index in [0.717, 1.165) is 12.0 Å². The lowest BCUT2D eigenvalue weighted by Gasteiger charge is -2.11. The third-order valence-corrected chi connectivity index (χ3v) is 5.12. The molecule has 0 unspecified atom stereocenters. The van der Waals surface area contributed by atoms with Crippen molar-refractivity contribution in [1.29, 1.82) is 0 Å². The van der Waals surface area contributed by atoms with Gasteiger partial charge in [-0.05, 0) is 60.4 Å². The van der Waals surface area contributed by atoms with Gasteiger partial charge in [-0.15, -0.1) is 0 Å². The van der Waals surface area contributed by atoms with Crippen molar-refractivity contribution < 1.29 is 13.9 Å². The fraction of sp³-hybridized carbons (Fsp3) is 0.200. The Balaban J connectivity index is 1.38. The molecule has 1 heterocycles. The fourth-order valence-corrected chi connectivity index (χ4v) is 3.18. The van der Waals surface area contributed by atoms with Gasteiger partial charge in [-0.2, -0.15) is 0 Å². The second-order valence-electron chi connectivity index (χ2n) is 7.28. The van der Waals surface area contributed by atoms with E-state index < -0.39 is 0 Å². The molecule has 0 bridgehead atoms. The van der Waals surface area contributed by atoms with Gasteiger partial charge in [0.2, 0.25) is 5.89 Å². The first-order valence-corrected chi connectivity index (χ1v) is 10.1. The molecule has 3 aromatic carbocycles. The Hall–Kier alpha value is -3.60. The standard InChI is InChI=1S/C25H24N2O3/c1-3-17(2)18-9-12-21(13-10-18)29-16-24(28)26-20-11-14-23-22(15-20)27-25(30-23)19-7-5-4-6-8-19/h4-15,17H,3,16H2,1-2H3,(H,26,28)/t17-/m1/s1. The second-order valence-corrected chi connectivity index (χ2v) is 7.28. The topological polar surface area (TPSA) is 64.4 Å². The van der Waals surface area contributed by atoms with Crippen molar-refractivity contribution in [3.8, 4) is 17.2 Å². The molecule has 0 saturated carbocycles. The maximum Gasteiger partial charge on any atom is 0.262 e. The van der Waals surface area contributed by atoms with Gasteiger partial charge in [-0.3, -0.25) is 4.79 Å². The highest BCUT2D eigenvalue weighted by Gasteiger charge is 2.10. The largest absolute Gasteiger partial charge is 0.484 e. The molecule has 1 N–H and O–H groups in total. The molecule has 5 heteroatoms. The van der Waals surface area contributed by atoms with E-state index in [0.29, 0.717) is 34.3 Å². The summed E-state index contributed by atoms with van der Waals surface area (Å²) >= 11 is 0. The lowest BCUT2D eigenvalue weighted by atomic mass is 9.99. The van der Waals surface area contributed by atoms with Crippen molar-refractivity contribution >= 4 is 22.7 Å². The monoisotopic (exact) mass is 400 g/mol. The average molecular weight is 400 g/mol. The first-order valence-electron chi connectivity index (χ1n) is 10.1. The number of fused-ring (bicyclic) bond motifs is 1. The molecule has 1 aromatic heterocycles. The van der Waals surface area contributed by atoms with E-state index >= 15 is 0 Å². The minimum Gasteiger partial charge on any atom is -0.484 e. The lowest BCUT2D eigenvalue weighted by Crippen LogP contribution is -2.20. The van der Waals surface area contributed by atoms with Crippen LogP contribution in [0.25, 0.3) is 22.6 Å². The van der Waals surface area contributed by atoms with E-state index in [1.807, 2.05) is 54.6 Å². The number of nitrogens with zero attached hydrogens (tertiary/aromatic N) is 1. The number of oxazole rings is 1. The van der Waals surface area contributed by atoms with E-state index in [-0.39, 0.29) is 12.5 Å². The van der Waals surface area contributed by atoms with Crippen LogP contribution in [0.2, 0.25) is 0 Å². The Bertz CT molecular complexity index is 1130. The van der Waals surface area contributed by atoms with E-state index in [1.165, 1.54) is 5.56 Å². The number of hydrogen-bond donors (Lipinski definition) is 1. The van der Waals surface area contributed by atoms with E-state index in [2.05, 4.69) is 24.1 Å².